The molecule has 0 rings (SSSR count). The Bertz CT molecular complexity index is 257. The van der Waals surface area contributed by atoms with Crippen LogP contribution in [0.1, 0.15) is 104 Å². The van der Waals surface area contributed by atoms with Gasteiger partial charge < -0.3 is 9.84 Å². The van der Waals surface area contributed by atoms with Gasteiger partial charge in [-0.2, -0.15) is 0 Å². The summed E-state index contributed by atoms with van der Waals surface area (Å²) in [5.41, 5.74) is 0. The van der Waals surface area contributed by atoms with Gasteiger partial charge in [-0.3, -0.25) is 0 Å². The molecule has 3 nitrogen and oxygen atoms in total. The Labute approximate surface area is 158 Å². The molecule has 0 aliphatic rings. The first-order valence-corrected chi connectivity index (χ1v) is 9.46. The number of carboxylic acid groups (broad SMARTS) is 1. The molecule has 1 N–H and O–H groups in total. The monoisotopic (exact) mass is 362 g/mol. The molecule has 136 valence electrons. The maximum atomic E-state index is 11.0. The number of hydrogen-bond donors (Lipinski definition) is 1. The average Bonchev–Trinajstić information content (AvgIpc) is 2.46. The zero-order valence-corrected chi connectivity index (χ0v) is 17.2. The maximum absolute atomic E-state index is 11.0. The van der Waals surface area contributed by atoms with Crippen LogP contribution in [0.4, 0.5) is 0 Å². The number of hydrogen-bond acceptors (Lipinski definition) is 2. The number of rotatable bonds is 16. The Morgan fingerprint density at radius 2 is 1.22 bits per heavy atom. The van der Waals surface area contributed by atoms with Crippen LogP contribution in [0.3, 0.4) is 0 Å². The molecule has 0 aliphatic heterocycles. The fourth-order valence-corrected chi connectivity index (χ4v) is 2.75. The molecule has 0 aliphatic carbocycles. The molecule has 0 aromatic heterocycles. The van der Waals surface area contributed by atoms with E-state index in [1.165, 1.54) is 64.2 Å². The van der Waals surface area contributed by atoms with Crippen LogP contribution < -0.4 is 0 Å². The van der Waals surface area contributed by atoms with Crippen molar-refractivity contribution in [1.82, 2.24) is 0 Å². The van der Waals surface area contributed by atoms with Crippen LogP contribution in [0, 0.1) is 0 Å². The summed E-state index contributed by atoms with van der Waals surface area (Å²) in [7, 11) is 0. The van der Waals surface area contributed by atoms with Crippen molar-refractivity contribution in [3.05, 3.63) is 0 Å². The molecule has 0 heterocycles. The molecule has 0 spiro atoms. The van der Waals surface area contributed by atoms with Gasteiger partial charge in [0, 0.05) is 21.7 Å². The fourth-order valence-electron chi connectivity index (χ4n) is 2.75. The molecule has 0 saturated carbocycles. The summed E-state index contributed by atoms with van der Waals surface area (Å²) < 4.78 is 5.41. The Hall–Kier alpha value is 0.144. The molecule has 0 radical (unpaired) electrons. The van der Waals surface area contributed by atoms with Gasteiger partial charge in [0.05, 0.1) is 6.10 Å². The second kappa shape index (κ2) is 18.5. The smallest absolute Gasteiger partial charge is 0.332 e. The van der Waals surface area contributed by atoms with E-state index in [4.69, 9.17) is 9.84 Å². The van der Waals surface area contributed by atoms with E-state index in [1.807, 2.05) is 13.8 Å². The second-order valence-electron chi connectivity index (χ2n) is 6.69. The van der Waals surface area contributed by atoms with Crippen molar-refractivity contribution in [2.24, 2.45) is 0 Å². The van der Waals surface area contributed by atoms with E-state index in [1.54, 1.807) is 0 Å². The molecule has 0 fully saturated rings. The first-order valence-electron chi connectivity index (χ1n) is 9.46. The summed E-state index contributed by atoms with van der Waals surface area (Å²) in [5.74, 6) is -0.822. The van der Waals surface area contributed by atoms with Gasteiger partial charge in [0.1, 0.15) is 0 Å². The molecule has 4 heteroatoms. The maximum Gasteiger partial charge on any atom is 0.332 e. The Morgan fingerprint density at radius 1 is 0.826 bits per heavy atom. The van der Waals surface area contributed by atoms with Crippen molar-refractivity contribution >= 4 is 5.97 Å². The molecule has 0 aromatic carbocycles. The van der Waals surface area contributed by atoms with Crippen molar-refractivity contribution in [2.75, 3.05) is 0 Å². The summed E-state index contributed by atoms with van der Waals surface area (Å²) in [6.45, 7) is 6.03. The Balaban J connectivity index is 0. The predicted octanol–water partition coefficient (Wildman–Crippen LogP) is 5.95. The third-order valence-electron chi connectivity index (χ3n) is 4.03. The predicted molar refractivity (Wildman–Crippen MR) is 93.3 cm³/mol. The largest absolute Gasteiger partial charge is 0.479 e. The second-order valence-corrected chi connectivity index (χ2v) is 6.69. The van der Waals surface area contributed by atoms with Crippen LogP contribution in [0.5, 0.6) is 0 Å². The zero-order chi connectivity index (χ0) is 16.6. The van der Waals surface area contributed by atoms with Crippen LogP contribution in [0.2, 0.25) is 0 Å². The van der Waals surface area contributed by atoms with Crippen LogP contribution in [0.25, 0.3) is 0 Å². The first-order chi connectivity index (χ1) is 10.6. The number of aliphatic carboxylic acids is 1. The number of carboxylic acids is 1. The quantitative estimate of drug-likeness (QED) is 0.272. The number of unbranched alkanes of at least 4 members (excludes halogenated alkanes) is 11. The molecular formula is C19H38O3Ti. The molecule has 0 aromatic rings. The summed E-state index contributed by atoms with van der Waals surface area (Å²) in [6.07, 6.45) is 15.6. The van der Waals surface area contributed by atoms with E-state index in [-0.39, 0.29) is 27.8 Å². The average molecular weight is 362 g/mol. The third kappa shape index (κ3) is 18.3. The van der Waals surface area contributed by atoms with Crippen molar-refractivity contribution in [3.8, 4) is 0 Å². The van der Waals surface area contributed by atoms with Gasteiger partial charge >= 0.3 is 5.97 Å². The summed E-state index contributed by atoms with van der Waals surface area (Å²) in [5, 5.41) is 9.07. The zero-order valence-electron chi connectivity index (χ0n) is 15.6. The van der Waals surface area contributed by atoms with Crippen molar-refractivity contribution < 1.29 is 36.4 Å². The van der Waals surface area contributed by atoms with Crippen LogP contribution >= 0.6 is 0 Å². The van der Waals surface area contributed by atoms with E-state index >= 15 is 0 Å². The fraction of sp³-hybridized carbons (Fsp3) is 0.947. The normalized spacial score (nSPS) is 12.2. The molecule has 0 bridgehead atoms. The first kappa shape index (κ1) is 25.4. The van der Waals surface area contributed by atoms with E-state index in [2.05, 4.69) is 6.92 Å². The minimum atomic E-state index is -0.822. The summed E-state index contributed by atoms with van der Waals surface area (Å²) in [4.78, 5) is 11.0. The van der Waals surface area contributed by atoms with Gasteiger partial charge in [-0.15, -0.1) is 0 Å². The SMILES string of the molecule is CCCCCCCCCCCCCCC(OC(C)C)C(=O)O.[Ti]. The van der Waals surface area contributed by atoms with Gasteiger partial charge in [0.15, 0.2) is 6.10 Å². The molecule has 1 atom stereocenters. The third-order valence-corrected chi connectivity index (χ3v) is 4.03. The van der Waals surface area contributed by atoms with Gasteiger partial charge in [-0.05, 0) is 20.3 Å². The van der Waals surface area contributed by atoms with Crippen molar-refractivity contribution in [3.63, 3.8) is 0 Å². The topological polar surface area (TPSA) is 46.5 Å². The van der Waals surface area contributed by atoms with E-state index in [0.29, 0.717) is 6.42 Å². The van der Waals surface area contributed by atoms with Gasteiger partial charge in [0.25, 0.3) is 0 Å². The van der Waals surface area contributed by atoms with Crippen LogP contribution in [0.15, 0.2) is 0 Å². The molecule has 0 amide bonds. The van der Waals surface area contributed by atoms with Crippen molar-refractivity contribution in [1.29, 1.82) is 0 Å². The molecule has 23 heavy (non-hydrogen) atoms. The standard InChI is InChI=1S/C19H38O3.Ti/c1-4-5-6-7-8-9-10-11-12-13-14-15-16-18(19(20)21)22-17(2)3;/h17-18H,4-16H2,1-3H3,(H,20,21);. The van der Waals surface area contributed by atoms with Gasteiger partial charge in [-0.25, -0.2) is 4.79 Å². The molecule has 0 saturated heterocycles. The minimum absolute atomic E-state index is 0. The summed E-state index contributed by atoms with van der Waals surface area (Å²) in [6, 6.07) is 0. The van der Waals surface area contributed by atoms with E-state index in [0.717, 1.165) is 12.8 Å². The van der Waals surface area contributed by atoms with Crippen LogP contribution in [-0.4, -0.2) is 23.3 Å². The Morgan fingerprint density at radius 3 is 1.57 bits per heavy atom. The minimum Gasteiger partial charge on any atom is -0.479 e. The van der Waals surface area contributed by atoms with Gasteiger partial charge in [0.2, 0.25) is 0 Å². The molecular weight excluding hydrogens is 324 g/mol. The molecule has 1 unspecified atom stereocenters. The number of ether oxygens (including phenoxy) is 1. The van der Waals surface area contributed by atoms with Crippen LogP contribution in [-0.2, 0) is 31.2 Å². The van der Waals surface area contributed by atoms with E-state index in [9.17, 15) is 4.79 Å². The van der Waals surface area contributed by atoms with E-state index < -0.39 is 12.1 Å². The van der Waals surface area contributed by atoms with Gasteiger partial charge in [-0.1, -0.05) is 84.0 Å². The summed E-state index contributed by atoms with van der Waals surface area (Å²) >= 11 is 0. The Kier molecular flexibility index (Phi) is 20.4. The number of carbonyl (C=O) groups is 1. The van der Waals surface area contributed by atoms with Crippen molar-refractivity contribution in [2.45, 2.75) is 116 Å².